The Bertz CT molecular complexity index is 363. The Balaban J connectivity index is 2.39. The smallest absolute Gasteiger partial charge is 0.133 e. The molecule has 0 saturated heterocycles. The van der Waals surface area contributed by atoms with Gasteiger partial charge in [-0.1, -0.05) is 25.1 Å². The fraction of sp³-hybridized carbons (Fsp3) is 0.429. The molecular weight excluding hydrogens is 278 g/mol. The summed E-state index contributed by atoms with van der Waals surface area (Å²) >= 11 is 3.49. The van der Waals surface area contributed by atoms with Crippen LogP contribution < -0.4 is 10.1 Å². The Morgan fingerprint density at radius 1 is 1.35 bits per heavy atom. The number of hydrogen-bond donors (Lipinski definition) is 1. The van der Waals surface area contributed by atoms with Crippen LogP contribution in [0.25, 0.3) is 0 Å². The van der Waals surface area contributed by atoms with Crippen LogP contribution in [0.4, 0.5) is 0 Å². The standard InChI is InChI=1S/C14H20BrNO/c1-3-16-10-6-4-5-7-12-8-9-14(17-2)13(15)11-12/h4-5,8-9,11,16H,3,6-7,10H2,1-2H3. The van der Waals surface area contributed by atoms with Gasteiger partial charge in [-0.15, -0.1) is 0 Å². The monoisotopic (exact) mass is 297 g/mol. The van der Waals surface area contributed by atoms with E-state index in [0.717, 1.165) is 36.2 Å². The van der Waals surface area contributed by atoms with Gasteiger partial charge in [-0.2, -0.15) is 0 Å². The van der Waals surface area contributed by atoms with Crippen molar-refractivity contribution in [1.82, 2.24) is 5.32 Å². The number of methoxy groups -OCH3 is 1. The number of allylic oxidation sites excluding steroid dienone is 1. The Morgan fingerprint density at radius 2 is 2.18 bits per heavy atom. The maximum absolute atomic E-state index is 5.20. The van der Waals surface area contributed by atoms with E-state index in [2.05, 4.69) is 52.5 Å². The second-order valence-corrected chi connectivity index (χ2v) is 4.64. The van der Waals surface area contributed by atoms with Crippen molar-refractivity contribution in [3.8, 4) is 5.75 Å². The molecule has 0 bridgehead atoms. The molecule has 3 heteroatoms. The van der Waals surface area contributed by atoms with Crippen LogP contribution in [0, 0.1) is 0 Å². The zero-order valence-corrected chi connectivity index (χ0v) is 12.1. The molecule has 0 unspecified atom stereocenters. The van der Waals surface area contributed by atoms with E-state index in [0.29, 0.717) is 0 Å². The molecule has 1 aromatic rings. The zero-order valence-electron chi connectivity index (χ0n) is 10.5. The summed E-state index contributed by atoms with van der Waals surface area (Å²) in [5.74, 6) is 0.880. The molecule has 0 aromatic heterocycles. The average molecular weight is 298 g/mol. The largest absolute Gasteiger partial charge is 0.496 e. The summed E-state index contributed by atoms with van der Waals surface area (Å²) in [4.78, 5) is 0. The number of hydrogen-bond acceptors (Lipinski definition) is 2. The van der Waals surface area contributed by atoms with E-state index in [1.807, 2.05) is 6.07 Å². The van der Waals surface area contributed by atoms with Crippen molar-refractivity contribution in [2.24, 2.45) is 0 Å². The van der Waals surface area contributed by atoms with E-state index in [-0.39, 0.29) is 0 Å². The van der Waals surface area contributed by atoms with Crippen molar-refractivity contribution in [1.29, 1.82) is 0 Å². The molecule has 17 heavy (non-hydrogen) atoms. The minimum atomic E-state index is 0.880. The summed E-state index contributed by atoms with van der Waals surface area (Å²) in [6.07, 6.45) is 6.49. The summed E-state index contributed by atoms with van der Waals surface area (Å²) < 4.78 is 6.21. The molecule has 0 amide bonds. The summed E-state index contributed by atoms with van der Waals surface area (Å²) in [5, 5.41) is 3.30. The maximum Gasteiger partial charge on any atom is 0.133 e. The quantitative estimate of drug-likeness (QED) is 0.614. The first-order chi connectivity index (χ1) is 8.27. The van der Waals surface area contributed by atoms with E-state index in [1.165, 1.54) is 5.56 Å². The highest BCUT2D eigenvalue weighted by molar-refractivity contribution is 9.10. The third kappa shape index (κ3) is 5.37. The summed E-state index contributed by atoms with van der Waals surface area (Å²) in [7, 11) is 1.68. The Labute approximate surface area is 112 Å². The Morgan fingerprint density at radius 3 is 2.82 bits per heavy atom. The van der Waals surface area contributed by atoms with Crippen molar-refractivity contribution in [3.63, 3.8) is 0 Å². The van der Waals surface area contributed by atoms with Crippen LogP contribution in [-0.2, 0) is 6.42 Å². The van der Waals surface area contributed by atoms with E-state index in [4.69, 9.17) is 4.74 Å². The van der Waals surface area contributed by atoms with Crippen molar-refractivity contribution >= 4 is 15.9 Å². The minimum absolute atomic E-state index is 0.880. The first kappa shape index (κ1) is 14.3. The fourth-order valence-electron chi connectivity index (χ4n) is 1.54. The van der Waals surface area contributed by atoms with Crippen LogP contribution in [0.1, 0.15) is 18.9 Å². The average Bonchev–Trinajstić information content (AvgIpc) is 2.34. The normalized spacial score (nSPS) is 11.0. The molecule has 1 N–H and O–H groups in total. The summed E-state index contributed by atoms with van der Waals surface area (Å²) in [6, 6.07) is 6.19. The first-order valence-corrected chi connectivity index (χ1v) is 6.75. The molecule has 0 spiro atoms. The third-order valence-corrected chi connectivity index (χ3v) is 3.09. The van der Waals surface area contributed by atoms with Gasteiger partial charge in [-0.05, 0) is 59.6 Å². The summed E-state index contributed by atoms with van der Waals surface area (Å²) in [5.41, 5.74) is 1.29. The van der Waals surface area contributed by atoms with Crippen molar-refractivity contribution in [3.05, 3.63) is 40.4 Å². The molecule has 94 valence electrons. The van der Waals surface area contributed by atoms with Crippen LogP contribution in [0.15, 0.2) is 34.8 Å². The lowest BCUT2D eigenvalue weighted by Crippen LogP contribution is -2.12. The lowest BCUT2D eigenvalue weighted by atomic mass is 10.1. The zero-order chi connectivity index (χ0) is 12.5. The second-order valence-electron chi connectivity index (χ2n) is 3.79. The molecule has 0 atom stereocenters. The molecular formula is C14H20BrNO. The highest BCUT2D eigenvalue weighted by Crippen LogP contribution is 2.25. The molecule has 2 nitrogen and oxygen atoms in total. The highest BCUT2D eigenvalue weighted by atomic mass is 79.9. The molecule has 0 saturated carbocycles. The molecule has 0 aliphatic rings. The summed E-state index contributed by atoms with van der Waals surface area (Å²) in [6.45, 7) is 4.22. The number of halogens is 1. The molecule has 0 aliphatic carbocycles. The lowest BCUT2D eigenvalue weighted by molar-refractivity contribution is 0.412. The number of nitrogens with one attached hydrogen (secondary N) is 1. The minimum Gasteiger partial charge on any atom is -0.496 e. The number of benzene rings is 1. The predicted molar refractivity (Wildman–Crippen MR) is 76.7 cm³/mol. The van der Waals surface area contributed by atoms with Crippen LogP contribution in [-0.4, -0.2) is 20.2 Å². The first-order valence-electron chi connectivity index (χ1n) is 5.96. The van der Waals surface area contributed by atoms with Crippen molar-refractivity contribution < 1.29 is 4.74 Å². The second kappa shape index (κ2) is 8.31. The number of ether oxygens (including phenoxy) is 1. The molecule has 0 fully saturated rings. The van der Waals surface area contributed by atoms with E-state index in [9.17, 15) is 0 Å². The molecule has 1 rings (SSSR count). The van der Waals surface area contributed by atoms with Crippen LogP contribution >= 0.6 is 15.9 Å². The van der Waals surface area contributed by atoms with Gasteiger partial charge >= 0.3 is 0 Å². The highest BCUT2D eigenvalue weighted by Gasteiger charge is 1.99. The predicted octanol–water partition coefficient (Wildman–Crippen LogP) is 3.56. The topological polar surface area (TPSA) is 21.3 Å². The van der Waals surface area contributed by atoms with Gasteiger partial charge < -0.3 is 10.1 Å². The molecule has 0 radical (unpaired) electrons. The van der Waals surface area contributed by atoms with Gasteiger partial charge in [0.05, 0.1) is 11.6 Å². The third-order valence-electron chi connectivity index (χ3n) is 2.47. The molecule has 0 heterocycles. The van der Waals surface area contributed by atoms with Gasteiger partial charge in [0.25, 0.3) is 0 Å². The van der Waals surface area contributed by atoms with E-state index < -0.39 is 0 Å². The molecule has 1 aromatic carbocycles. The van der Waals surface area contributed by atoms with Crippen LogP contribution in [0.3, 0.4) is 0 Å². The Hall–Kier alpha value is -0.800. The van der Waals surface area contributed by atoms with Gasteiger partial charge in [-0.25, -0.2) is 0 Å². The van der Waals surface area contributed by atoms with Gasteiger partial charge in [0.2, 0.25) is 0 Å². The van der Waals surface area contributed by atoms with Gasteiger partial charge in [-0.3, -0.25) is 0 Å². The van der Waals surface area contributed by atoms with Crippen LogP contribution in [0.5, 0.6) is 5.75 Å². The van der Waals surface area contributed by atoms with E-state index in [1.54, 1.807) is 7.11 Å². The van der Waals surface area contributed by atoms with Crippen molar-refractivity contribution in [2.75, 3.05) is 20.2 Å². The maximum atomic E-state index is 5.20. The lowest BCUT2D eigenvalue weighted by Gasteiger charge is -2.04. The fourth-order valence-corrected chi connectivity index (χ4v) is 2.12. The molecule has 0 aliphatic heterocycles. The van der Waals surface area contributed by atoms with Crippen LogP contribution in [0.2, 0.25) is 0 Å². The SMILES string of the molecule is CCNCCC=CCc1ccc(OC)c(Br)c1. The van der Waals surface area contributed by atoms with Gasteiger partial charge in [0.1, 0.15) is 5.75 Å². The Kier molecular flexibility index (Phi) is 6.97. The van der Waals surface area contributed by atoms with Gasteiger partial charge in [0, 0.05) is 0 Å². The van der Waals surface area contributed by atoms with E-state index >= 15 is 0 Å². The van der Waals surface area contributed by atoms with Crippen molar-refractivity contribution in [2.45, 2.75) is 19.8 Å². The number of rotatable bonds is 7. The van der Waals surface area contributed by atoms with Gasteiger partial charge in [0.15, 0.2) is 0 Å².